The first kappa shape index (κ1) is 15.0. The van der Waals surface area contributed by atoms with Gasteiger partial charge in [0.25, 0.3) is 0 Å². The molecule has 1 aromatic carbocycles. The largest absolute Gasteiger partial charge is 0.363 e. The predicted molar refractivity (Wildman–Crippen MR) is 83.4 cm³/mol. The van der Waals surface area contributed by atoms with E-state index in [0.717, 1.165) is 16.8 Å². The van der Waals surface area contributed by atoms with Gasteiger partial charge in [-0.25, -0.2) is 0 Å². The van der Waals surface area contributed by atoms with Crippen molar-refractivity contribution in [2.24, 2.45) is 0 Å². The zero-order valence-electron chi connectivity index (χ0n) is 11.1. The van der Waals surface area contributed by atoms with Crippen molar-refractivity contribution >= 4 is 23.2 Å². The Morgan fingerprint density at radius 2 is 2.15 bits per heavy atom. The molecule has 2 aromatic rings. The molecule has 20 heavy (non-hydrogen) atoms. The number of nitrogens with zero attached hydrogens (tertiary/aromatic N) is 1. The quantitative estimate of drug-likeness (QED) is 0.726. The molecule has 0 spiro atoms. The Labute approximate surface area is 129 Å². The number of aryl methyl sites for hydroxylation is 1. The number of ether oxygens (including phenoxy) is 1. The molecular weight excluding hydrogens is 293 g/mol. The Morgan fingerprint density at radius 1 is 1.35 bits per heavy atom. The Hall–Kier alpha value is -1.35. The molecule has 1 heterocycles. The summed E-state index contributed by atoms with van der Waals surface area (Å²) in [6, 6.07) is 9.27. The highest BCUT2D eigenvalue weighted by molar-refractivity contribution is 6.35. The SMILES string of the molecule is C=CCOC(c1ccc(Cl)cc1Cl)c1ncccc1C. The van der Waals surface area contributed by atoms with Crippen LogP contribution in [0.4, 0.5) is 0 Å². The second-order valence-corrected chi connectivity index (χ2v) is 5.22. The first-order chi connectivity index (χ1) is 9.63. The average molecular weight is 308 g/mol. The summed E-state index contributed by atoms with van der Waals surface area (Å²) in [7, 11) is 0. The van der Waals surface area contributed by atoms with Crippen LogP contribution in [0.3, 0.4) is 0 Å². The van der Waals surface area contributed by atoms with Crippen LogP contribution in [-0.4, -0.2) is 11.6 Å². The number of rotatable bonds is 5. The van der Waals surface area contributed by atoms with Gasteiger partial charge < -0.3 is 4.74 Å². The van der Waals surface area contributed by atoms with Crippen molar-refractivity contribution in [1.29, 1.82) is 0 Å². The molecule has 2 nitrogen and oxygen atoms in total. The van der Waals surface area contributed by atoms with Crippen molar-refractivity contribution < 1.29 is 4.74 Å². The summed E-state index contributed by atoms with van der Waals surface area (Å²) in [5.74, 6) is 0. The molecule has 0 saturated carbocycles. The van der Waals surface area contributed by atoms with Gasteiger partial charge in [0.15, 0.2) is 0 Å². The lowest BCUT2D eigenvalue weighted by Crippen LogP contribution is -2.10. The highest BCUT2D eigenvalue weighted by atomic mass is 35.5. The minimum Gasteiger partial charge on any atom is -0.363 e. The molecule has 0 aliphatic heterocycles. The van der Waals surface area contributed by atoms with Crippen LogP contribution in [0.25, 0.3) is 0 Å². The summed E-state index contributed by atoms with van der Waals surface area (Å²) in [6.45, 7) is 6.09. The van der Waals surface area contributed by atoms with Gasteiger partial charge in [-0.2, -0.15) is 0 Å². The van der Waals surface area contributed by atoms with Crippen LogP contribution in [0.1, 0.15) is 22.9 Å². The fourth-order valence-electron chi connectivity index (χ4n) is 1.97. The van der Waals surface area contributed by atoms with Gasteiger partial charge >= 0.3 is 0 Å². The van der Waals surface area contributed by atoms with Crippen LogP contribution in [0.2, 0.25) is 10.0 Å². The van der Waals surface area contributed by atoms with E-state index in [1.54, 1.807) is 24.4 Å². The molecule has 0 aliphatic carbocycles. The van der Waals surface area contributed by atoms with E-state index in [4.69, 9.17) is 27.9 Å². The summed E-state index contributed by atoms with van der Waals surface area (Å²) >= 11 is 12.2. The molecule has 0 N–H and O–H groups in total. The van der Waals surface area contributed by atoms with Gasteiger partial charge in [0.05, 0.1) is 12.3 Å². The third kappa shape index (κ3) is 3.40. The van der Waals surface area contributed by atoms with Gasteiger partial charge in [-0.15, -0.1) is 6.58 Å². The van der Waals surface area contributed by atoms with Crippen LogP contribution < -0.4 is 0 Å². The average Bonchev–Trinajstić information content (AvgIpc) is 2.42. The zero-order chi connectivity index (χ0) is 14.5. The monoisotopic (exact) mass is 307 g/mol. The number of halogens is 2. The maximum Gasteiger partial charge on any atom is 0.127 e. The highest BCUT2D eigenvalue weighted by Gasteiger charge is 2.20. The van der Waals surface area contributed by atoms with Gasteiger partial charge in [-0.3, -0.25) is 4.98 Å². The van der Waals surface area contributed by atoms with Crippen molar-refractivity contribution in [1.82, 2.24) is 4.98 Å². The standard InChI is InChI=1S/C16H15Cl2NO/c1-3-9-20-16(15-11(2)5-4-8-19-15)13-7-6-12(17)10-14(13)18/h3-8,10,16H,1,9H2,2H3. The second kappa shape index (κ2) is 6.89. The van der Waals surface area contributed by atoms with Crippen molar-refractivity contribution in [3.05, 3.63) is 76.0 Å². The van der Waals surface area contributed by atoms with E-state index in [-0.39, 0.29) is 6.10 Å². The van der Waals surface area contributed by atoms with Crippen molar-refractivity contribution in [2.75, 3.05) is 6.61 Å². The molecule has 1 aromatic heterocycles. The third-order valence-corrected chi connectivity index (χ3v) is 3.49. The molecule has 2 rings (SSSR count). The van der Waals surface area contributed by atoms with Gasteiger partial charge in [-0.05, 0) is 30.7 Å². The van der Waals surface area contributed by atoms with E-state index >= 15 is 0 Å². The van der Waals surface area contributed by atoms with E-state index in [2.05, 4.69) is 11.6 Å². The van der Waals surface area contributed by atoms with E-state index < -0.39 is 0 Å². The third-order valence-electron chi connectivity index (χ3n) is 2.92. The van der Waals surface area contributed by atoms with E-state index in [9.17, 15) is 0 Å². The second-order valence-electron chi connectivity index (χ2n) is 4.37. The summed E-state index contributed by atoms with van der Waals surface area (Å²) in [4.78, 5) is 4.42. The van der Waals surface area contributed by atoms with E-state index in [1.807, 2.05) is 25.1 Å². The summed E-state index contributed by atoms with van der Waals surface area (Å²) in [5.41, 5.74) is 2.74. The maximum absolute atomic E-state index is 6.29. The minimum atomic E-state index is -0.334. The number of pyridine rings is 1. The van der Waals surface area contributed by atoms with Crippen molar-refractivity contribution in [2.45, 2.75) is 13.0 Å². The van der Waals surface area contributed by atoms with Gasteiger partial charge in [0.1, 0.15) is 6.10 Å². The van der Waals surface area contributed by atoms with Crippen LogP contribution in [0.15, 0.2) is 49.2 Å². The molecule has 0 amide bonds. The van der Waals surface area contributed by atoms with Crippen molar-refractivity contribution in [3.8, 4) is 0 Å². The molecule has 1 atom stereocenters. The highest BCUT2D eigenvalue weighted by Crippen LogP contribution is 2.33. The molecule has 0 radical (unpaired) electrons. The fourth-order valence-corrected chi connectivity index (χ4v) is 2.47. The molecular formula is C16H15Cl2NO. The molecule has 0 bridgehead atoms. The molecule has 104 valence electrons. The number of benzene rings is 1. The van der Waals surface area contributed by atoms with Crippen LogP contribution in [0.5, 0.6) is 0 Å². The van der Waals surface area contributed by atoms with E-state index in [0.29, 0.717) is 16.7 Å². The van der Waals surface area contributed by atoms with Gasteiger partial charge in [0.2, 0.25) is 0 Å². The molecule has 0 aliphatic rings. The predicted octanol–water partition coefficient (Wildman–Crippen LogP) is 4.99. The number of aromatic nitrogens is 1. The van der Waals surface area contributed by atoms with Crippen molar-refractivity contribution in [3.63, 3.8) is 0 Å². The summed E-state index contributed by atoms with van der Waals surface area (Å²) < 4.78 is 5.86. The lowest BCUT2D eigenvalue weighted by atomic mass is 10.0. The van der Waals surface area contributed by atoms with Gasteiger partial charge in [0, 0.05) is 21.8 Å². The molecule has 4 heteroatoms. The zero-order valence-corrected chi connectivity index (χ0v) is 12.7. The lowest BCUT2D eigenvalue weighted by molar-refractivity contribution is 0.101. The molecule has 0 fully saturated rings. The molecule has 1 unspecified atom stereocenters. The summed E-state index contributed by atoms with van der Waals surface area (Å²) in [6.07, 6.45) is 3.12. The Bertz CT molecular complexity index is 613. The topological polar surface area (TPSA) is 22.1 Å². The van der Waals surface area contributed by atoms with E-state index in [1.165, 1.54) is 0 Å². The van der Waals surface area contributed by atoms with Crippen LogP contribution in [0, 0.1) is 6.92 Å². The smallest absolute Gasteiger partial charge is 0.127 e. The number of hydrogen-bond donors (Lipinski definition) is 0. The van der Waals surface area contributed by atoms with Gasteiger partial charge in [-0.1, -0.05) is 41.4 Å². The Morgan fingerprint density at radius 3 is 2.80 bits per heavy atom. The number of hydrogen-bond acceptors (Lipinski definition) is 2. The normalized spacial score (nSPS) is 12.2. The maximum atomic E-state index is 6.29. The Kier molecular flexibility index (Phi) is 5.18. The fraction of sp³-hybridized carbons (Fsp3) is 0.188. The first-order valence-corrected chi connectivity index (χ1v) is 6.98. The molecule has 0 saturated heterocycles. The Balaban J connectivity index is 2.47. The first-order valence-electron chi connectivity index (χ1n) is 6.22. The lowest BCUT2D eigenvalue weighted by Gasteiger charge is -2.20. The van der Waals surface area contributed by atoms with Crippen LogP contribution >= 0.6 is 23.2 Å². The minimum absolute atomic E-state index is 0.334. The summed E-state index contributed by atoms with van der Waals surface area (Å²) in [5, 5.41) is 1.16. The van der Waals surface area contributed by atoms with Crippen LogP contribution in [-0.2, 0) is 4.74 Å².